The van der Waals surface area contributed by atoms with Crippen molar-refractivity contribution in [1.29, 1.82) is 0 Å². The molecule has 6 nitrogen and oxygen atoms in total. The van der Waals surface area contributed by atoms with Gasteiger partial charge < -0.3 is 20.2 Å². The van der Waals surface area contributed by atoms with Crippen LogP contribution in [0.3, 0.4) is 0 Å². The van der Waals surface area contributed by atoms with E-state index in [1.165, 1.54) is 0 Å². The second-order valence-electron chi connectivity index (χ2n) is 4.76. The minimum atomic E-state index is -0.875. The molecule has 2 amide bonds. The lowest BCUT2D eigenvalue weighted by molar-refractivity contribution is -0.137. The molecule has 116 valence electrons. The number of carboxylic acids is 1. The molecule has 0 saturated carbocycles. The van der Waals surface area contributed by atoms with Crippen LogP contribution < -0.4 is 10.6 Å². The van der Waals surface area contributed by atoms with Crippen molar-refractivity contribution in [2.24, 2.45) is 0 Å². The predicted octanol–water partition coefficient (Wildman–Crippen LogP) is 2.53. The summed E-state index contributed by atoms with van der Waals surface area (Å²) in [4.78, 5) is 22.4. The van der Waals surface area contributed by atoms with Crippen molar-refractivity contribution in [3.8, 4) is 0 Å². The van der Waals surface area contributed by atoms with Gasteiger partial charge in [-0.3, -0.25) is 4.79 Å². The second-order valence-corrected chi connectivity index (χ2v) is 4.76. The Balaban J connectivity index is 1.96. The van der Waals surface area contributed by atoms with Crippen LogP contribution in [0.1, 0.15) is 30.2 Å². The van der Waals surface area contributed by atoms with Crippen molar-refractivity contribution in [2.45, 2.75) is 18.9 Å². The Bertz CT molecular complexity index is 596. The predicted molar refractivity (Wildman–Crippen MR) is 80.4 cm³/mol. The average molecular weight is 302 g/mol. The van der Waals surface area contributed by atoms with Gasteiger partial charge in [-0.2, -0.15) is 0 Å². The number of rotatable bonds is 7. The molecule has 0 saturated heterocycles. The average Bonchev–Trinajstić information content (AvgIpc) is 3.04. The summed E-state index contributed by atoms with van der Waals surface area (Å²) in [6.45, 7) is 0.303. The number of furan rings is 1. The standard InChI is InChI=1S/C16H18N2O4/c19-14(20)9-4-10-17-16(21)18-15(13-8-5-11-22-13)12-6-2-1-3-7-12/h1-3,5-8,11,15H,4,9-10H2,(H,19,20)(H2,17,18,21). The summed E-state index contributed by atoms with van der Waals surface area (Å²) in [7, 11) is 0. The van der Waals surface area contributed by atoms with Crippen molar-refractivity contribution < 1.29 is 19.1 Å². The van der Waals surface area contributed by atoms with Gasteiger partial charge in [0, 0.05) is 13.0 Å². The zero-order valence-electron chi connectivity index (χ0n) is 12.0. The number of hydrogen-bond donors (Lipinski definition) is 3. The summed E-state index contributed by atoms with van der Waals surface area (Å²) < 4.78 is 5.39. The number of aliphatic carboxylic acids is 1. The van der Waals surface area contributed by atoms with Crippen LogP contribution in [0.25, 0.3) is 0 Å². The number of nitrogens with one attached hydrogen (secondary N) is 2. The van der Waals surface area contributed by atoms with Crippen LogP contribution in [0.5, 0.6) is 0 Å². The molecule has 0 aliphatic heterocycles. The van der Waals surface area contributed by atoms with Crippen LogP contribution >= 0.6 is 0 Å². The van der Waals surface area contributed by atoms with E-state index in [9.17, 15) is 9.59 Å². The van der Waals surface area contributed by atoms with Crippen LogP contribution in [-0.2, 0) is 4.79 Å². The van der Waals surface area contributed by atoms with Crippen LogP contribution in [-0.4, -0.2) is 23.7 Å². The molecule has 0 radical (unpaired) electrons. The highest BCUT2D eigenvalue weighted by Gasteiger charge is 2.18. The fourth-order valence-corrected chi connectivity index (χ4v) is 2.04. The summed E-state index contributed by atoms with van der Waals surface area (Å²) in [6.07, 6.45) is 1.97. The summed E-state index contributed by atoms with van der Waals surface area (Å²) in [6, 6.07) is 12.3. The number of carbonyl (C=O) groups excluding carboxylic acids is 1. The second kappa shape index (κ2) is 7.87. The normalized spacial score (nSPS) is 11.6. The molecule has 1 aromatic heterocycles. The summed E-state index contributed by atoms with van der Waals surface area (Å²) in [5.74, 6) is -0.244. The SMILES string of the molecule is O=C(O)CCCNC(=O)NC(c1ccccc1)c1ccco1. The maximum atomic E-state index is 12.0. The van der Waals surface area contributed by atoms with Crippen LogP contribution in [0.15, 0.2) is 53.1 Å². The van der Waals surface area contributed by atoms with Gasteiger partial charge in [0.25, 0.3) is 0 Å². The Morgan fingerprint density at radius 1 is 1.14 bits per heavy atom. The van der Waals surface area contributed by atoms with Gasteiger partial charge in [-0.15, -0.1) is 0 Å². The van der Waals surface area contributed by atoms with E-state index in [1.807, 2.05) is 30.3 Å². The van der Waals surface area contributed by atoms with Crippen LogP contribution in [0.2, 0.25) is 0 Å². The van der Waals surface area contributed by atoms with E-state index in [0.29, 0.717) is 18.7 Å². The zero-order valence-corrected chi connectivity index (χ0v) is 12.0. The molecule has 1 atom stereocenters. The minimum absolute atomic E-state index is 0.0284. The molecule has 0 bridgehead atoms. The van der Waals surface area contributed by atoms with Gasteiger partial charge in [0.15, 0.2) is 0 Å². The Hall–Kier alpha value is -2.76. The number of carboxylic acid groups (broad SMARTS) is 1. The maximum absolute atomic E-state index is 12.0. The van der Waals surface area contributed by atoms with Gasteiger partial charge in [-0.25, -0.2) is 4.79 Å². The highest BCUT2D eigenvalue weighted by molar-refractivity contribution is 5.75. The summed E-state index contributed by atoms with van der Waals surface area (Å²) in [5.41, 5.74) is 0.901. The van der Waals surface area contributed by atoms with Crippen LogP contribution in [0, 0.1) is 0 Å². The highest BCUT2D eigenvalue weighted by atomic mass is 16.4. The largest absolute Gasteiger partial charge is 0.481 e. The quantitative estimate of drug-likeness (QED) is 0.685. The number of urea groups is 1. The fourth-order valence-electron chi connectivity index (χ4n) is 2.04. The van der Waals surface area contributed by atoms with Gasteiger partial charge in [0.05, 0.1) is 6.26 Å². The smallest absolute Gasteiger partial charge is 0.315 e. The van der Waals surface area contributed by atoms with E-state index in [1.54, 1.807) is 18.4 Å². The molecule has 1 aromatic carbocycles. The first-order valence-electron chi connectivity index (χ1n) is 7.01. The number of benzene rings is 1. The van der Waals surface area contributed by atoms with Crippen molar-refractivity contribution in [2.75, 3.05) is 6.54 Å². The third-order valence-electron chi connectivity index (χ3n) is 3.09. The minimum Gasteiger partial charge on any atom is -0.481 e. The lowest BCUT2D eigenvalue weighted by Crippen LogP contribution is -2.38. The lowest BCUT2D eigenvalue weighted by atomic mass is 10.1. The molecule has 6 heteroatoms. The number of hydrogen-bond acceptors (Lipinski definition) is 3. The van der Waals surface area contributed by atoms with Gasteiger partial charge in [-0.1, -0.05) is 30.3 Å². The Morgan fingerprint density at radius 2 is 1.91 bits per heavy atom. The van der Waals surface area contributed by atoms with Gasteiger partial charge in [0.1, 0.15) is 11.8 Å². The summed E-state index contributed by atoms with van der Waals surface area (Å²) >= 11 is 0. The molecule has 0 spiro atoms. The van der Waals surface area contributed by atoms with Crippen molar-refractivity contribution in [1.82, 2.24) is 10.6 Å². The fraction of sp³-hybridized carbons (Fsp3) is 0.250. The topological polar surface area (TPSA) is 91.6 Å². The van der Waals surface area contributed by atoms with Crippen molar-refractivity contribution in [3.63, 3.8) is 0 Å². The highest BCUT2D eigenvalue weighted by Crippen LogP contribution is 2.22. The van der Waals surface area contributed by atoms with Gasteiger partial charge >= 0.3 is 12.0 Å². The zero-order chi connectivity index (χ0) is 15.8. The molecule has 0 aliphatic carbocycles. The lowest BCUT2D eigenvalue weighted by Gasteiger charge is -2.17. The molecule has 2 rings (SSSR count). The summed E-state index contributed by atoms with van der Waals surface area (Å²) in [5, 5.41) is 14.0. The molecule has 0 aliphatic rings. The maximum Gasteiger partial charge on any atom is 0.315 e. The third-order valence-corrected chi connectivity index (χ3v) is 3.09. The van der Waals surface area contributed by atoms with Gasteiger partial charge in [-0.05, 0) is 24.1 Å². The van der Waals surface area contributed by atoms with Crippen LogP contribution in [0.4, 0.5) is 4.79 Å². The Labute approximate surface area is 128 Å². The van der Waals surface area contributed by atoms with Crippen molar-refractivity contribution >= 4 is 12.0 Å². The first-order valence-corrected chi connectivity index (χ1v) is 7.01. The Kier molecular flexibility index (Phi) is 5.59. The molecule has 2 aromatic rings. The van der Waals surface area contributed by atoms with E-state index < -0.39 is 12.0 Å². The van der Waals surface area contributed by atoms with Crippen molar-refractivity contribution in [3.05, 3.63) is 60.1 Å². The number of carbonyl (C=O) groups is 2. The van der Waals surface area contributed by atoms with E-state index in [-0.39, 0.29) is 12.5 Å². The first-order chi connectivity index (χ1) is 10.7. The first kappa shape index (κ1) is 15.6. The monoisotopic (exact) mass is 302 g/mol. The molecule has 3 N–H and O–H groups in total. The number of amides is 2. The van der Waals surface area contributed by atoms with E-state index in [0.717, 1.165) is 5.56 Å². The molecule has 1 heterocycles. The molecular formula is C16H18N2O4. The third kappa shape index (κ3) is 4.66. The molecule has 22 heavy (non-hydrogen) atoms. The molecular weight excluding hydrogens is 284 g/mol. The van der Waals surface area contributed by atoms with E-state index in [4.69, 9.17) is 9.52 Å². The molecule has 0 fully saturated rings. The van der Waals surface area contributed by atoms with E-state index in [2.05, 4.69) is 10.6 Å². The van der Waals surface area contributed by atoms with E-state index >= 15 is 0 Å². The molecule has 1 unspecified atom stereocenters. The van der Waals surface area contributed by atoms with Gasteiger partial charge in [0.2, 0.25) is 0 Å². The Morgan fingerprint density at radius 3 is 2.55 bits per heavy atom.